The Morgan fingerprint density at radius 2 is 1.96 bits per heavy atom. The van der Waals surface area contributed by atoms with Gasteiger partial charge in [-0.3, -0.25) is 14.9 Å². The number of carbonyl (C=O) groups is 2. The van der Waals surface area contributed by atoms with Crippen LogP contribution in [-0.4, -0.2) is 36.1 Å². The molecule has 25 heavy (non-hydrogen) atoms. The van der Waals surface area contributed by atoms with E-state index in [9.17, 15) is 19.7 Å². The average molecular weight is 350 g/mol. The van der Waals surface area contributed by atoms with E-state index in [-0.39, 0.29) is 28.9 Å². The minimum Gasteiger partial charge on any atom is -0.496 e. The van der Waals surface area contributed by atoms with Crippen molar-refractivity contribution < 1.29 is 24.0 Å². The van der Waals surface area contributed by atoms with Crippen molar-refractivity contribution in [2.45, 2.75) is 51.2 Å². The molecule has 0 heterocycles. The molecule has 1 aromatic carbocycles. The van der Waals surface area contributed by atoms with Crippen molar-refractivity contribution >= 4 is 17.6 Å². The molecule has 0 spiro atoms. The zero-order chi connectivity index (χ0) is 18.4. The highest BCUT2D eigenvalue weighted by Crippen LogP contribution is 2.25. The number of methoxy groups -OCH3 is 1. The van der Waals surface area contributed by atoms with E-state index in [0.717, 1.165) is 31.7 Å². The number of nitrogens with zero attached hydrogens (tertiary/aromatic N) is 1. The van der Waals surface area contributed by atoms with Gasteiger partial charge in [-0.1, -0.05) is 19.3 Å². The summed E-state index contributed by atoms with van der Waals surface area (Å²) >= 11 is 0. The molecule has 136 valence electrons. The molecular formula is C17H22N2O6. The molecule has 8 heteroatoms. The predicted molar refractivity (Wildman–Crippen MR) is 89.5 cm³/mol. The van der Waals surface area contributed by atoms with Gasteiger partial charge in [0.2, 0.25) is 0 Å². The molecule has 1 saturated carbocycles. The Hall–Kier alpha value is -2.64. The molecule has 1 atom stereocenters. The van der Waals surface area contributed by atoms with Crippen LogP contribution in [0.5, 0.6) is 5.75 Å². The summed E-state index contributed by atoms with van der Waals surface area (Å²) in [4.78, 5) is 34.7. The Morgan fingerprint density at radius 3 is 2.56 bits per heavy atom. The Kier molecular flexibility index (Phi) is 6.32. The number of nitro benzene ring substituents is 1. The minimum absolute atomic E-state index is 0.0889. The second kappa shape index (κ2) is 8.46. The van der Waals surface area contributed by atoms with Gasteiger partial charge in [0.05, 0.1) is 12.0 Å². The van der Waals surface area contributed by atoms with Gasteiger partial charge in [-0.15, -0.1) is 0 Å². The minimum atomic E-state index is -1.00. The Bertz CT molecular complexity index is 655. The van der Waals surface area contributed by atoms with Gasteiger partial charge in [0, 0.05) is 18.2 Å². The summed E-state index contributed by atoms with van der Waals surface area (Å²) in [6, 6.07) is 3.73. The van der Waals surface area contributed by atoms with Crippen LogP contribution in [0.3, 0.4) is 0 Å². The van der Waals surface area contributed by atoms with Gasteiger partial charge in [-0.25, -0.2) is 4.79 Å². The fourth-order valence-corrected chi connectivity index (χ4v) is 2.81. The molecule has 0 aliphatic heterocycles. The predicted octanol–water partition coefficient (Wildman–Crippen LogP) is 2.60. The van der Waals surface area contributed by atoms with Gasteiger partial charge < -0.3 is 14.8 Å². The number of amides is 1. The maximum atomic E-state index is 12.3. The maximum absolute atomic E-state index is 12.3. The third-order valence-electron chi connectivity index (χ3n) is 4.22. The number of rotatable bonds is 6. The Labute approximate surface area is 145 Å². The Balaban J connectivity index is 2.03. The third-order valence-corrected chi connectivity index (χ3v) is 4.22. The van der Waals surface area contributed by atoms with Crippen LogP contribution < -0.4 is 10.1 Å². The summed E-state index contributed by atoms with van der Waals surface area (Å²) < 4.78 is 10.2. The molecule has 0 saturated heterocycles. The first-order valence-electron chi connectivity index (χ1n) is 8.26. The van der Waals surface area contributed by atoms with E-state index in [1.807, 2.05) is 0 Å². The molecule has 8 nitrogen and oxygen atoms in total. The van der Waals surface area contributed by atoms with Crippen LogP contribution in [0, 0.1) is 10.1 Å². The molecule has 1 aromatic rings. The third kappa shape index (κ3) is 4.91. The van der Waals surface area contributed by atoms with Crippen LogP contribution in [0.4, 0.5) is 5.69 Å². The van der Waals surface area contributed by atoms with E-state index in [2.05, 4.69) is 5.32 Å². The number of benzene rings is 1. The van der Waals surface area contributed by atoms with Crippen molar-refractivity contribution in [3.05, 3.63) is 33.9 Å². The number of non-ortho nitro benzene ring substituents is 1. The van der Waals surface area contributed by atoms with E-state index < -0.39 is 17.0 Å². The molecule has 1 amide bonds. The van der Waals surface area contributed by atoms with Crippen molar-refractivity contribution in [3.8, 4) is 5.75 Å². The number of carbonyl (C=O) groups excluding carboxylic acids is 2. The van der Waals surface area contributed by atoms with Gasteiger partial charge in [0.25, 0.3) is 11.6 Å². The van der Waals surface area contributed by atoms with Crippen LogP contribution >= 0.6 is 0 Å². The first-order valence-corrected chi connectivity index (χ1v) is 8.26. The number of ether oxygens (including phenoxy) is 2. The molecule has 1 aliphatic rings. The quantitative estimate of drug-likeness (QED) is 0.480. The van der Waals surface area contributed by atoms with Crippen molar-refractivity contribution in [3.63, 3.8) is 0 Å². The molecule has 1 N–H and O–H groups in total. The molecule has 2 rings (SSSR count). The number of hydrogen-bond acceptors (Lipinski definition) is 6. The molecule has 0 unspecified atom stereocenters. The van der Waals surface area contributed by atoms with Crippen LogP contribution in [0.1, 0.15) is 49.4 Å². The molecule has 0 bridgehead atoms. The summed E-state index contributed by atoms with van der Waals surface area (Å²) in [5.74, 6) is -1.06. The summed E-state index contributed by atoms with van der Waals surface area (Å²) in [7, 11) is 1.34. The first kappa shape index (κ1) is 18.7. The molecule has 0 aromatic heterocycles. The summed E-state index contributed by atoms with van der Waals surface area (Å²) in [5.41, 5.74) is -0.346. The highest BCUT2D eigenvalue weighted by atomic mass is 16.6. The summed E-state index contributed by atoms with van der Waals surface area (Å²) in [6.45, 7) is 1.47. The molecule has 1 fully saturated rings. The summed E-state index contributed by atoms with van der Waals surface area (Å²) in [5, 5.41) is 13.8. The van der Waals surface area contributed by atoms with Crippen molar-refractivity contribution in [1.82, 2.24) is 5.32 Å². The van der Waals surface area contributed by atoms with Crippen molar-refractivity contribution in [1.29, 1.82) is 0 Å². The zero-order valence-electron chi connectivity index (χ0n) is 14.3. The van der Waals surface area contributed by atoms with Crippen LogP contribution in [0.25, 0.3) is 0 Å². The fourth-order valence-electron chi connectivity index (χ4n) is 2.81. The van der Waals surface area contributed by atoms with Crippen LogP contribution in [0.15, 0.2) is 18.2 Å². The van der Waals surface area contributed by atoms with Gasteiger partial charge in [-0.2, -0.15) is 0 Å². The van der Waals surface area contributed by atoms with Gasteiger partial charge in [-0.05, 0) is 25.8 Å². The SMILES string of the molecule is COc1ccc([N+](=O)[O-])cc1C(=O)O[C@@H](C)C(=O)NC1CCCCC1. The molecule has 0 radical (unpaired) electrons. The lowest BCUT2D eigenvalue weighted by Crippen LogP contribution is -2.42. The maximum Gasteiger partial charge on any atom is 0.342 e. The lowest BCUT2D eigenvalue weighted by atomic mass is 9.95. The van der Waals surface area contributed by atoms with Gasteiger partial charge in [0.15, 0.2) is 6.10 Å². The summed E-state index contributed by atoms with van der Waals surface area (Å²) in [6.07, 6.45) is 4.16. The highest BCUT2D eigenvalue weighted by molar-refractivity contribution is 5.95. The monoisotopic (exact) mass is 350 g/mol. The van der Waals surface area contributed by atoms with Gasteiger partial charge in [0.1, 0.15) is 11.3 Å². The standard InChI is InChI=1S/C17H22N2O6/c1-11(16(20)18-12-6-4-3-5-7-12)25-17(21)14-10-13(19(22)23)8-9-15(14)24-2/h8-12H,3-7H2,1-2H3,(H,18,20)/t11-/m0/s1. The molecular weight excluding hydrogens is 328 g/mol. The second-order valence-electron chi connectivity index (χ2n) is 6.03. The lowest BCUT2D eigenvalue weighted by molar-refractivity contribution is -0.384. The number of hydrogen-bond donors (Lipinski definition) is 1. The van der Waals surface area contributed by atoms with Crippen LogP contribution in [0.2, 0.25) is 0 Å². The highest BCUT2D eigenvalue weighted by Gasteiger charge is 2.25. The largest absolute Gasteiger partial charge is 0.496 e. The van der Waals surface area contributed by atoms with Gasteiger partial charge >= 0.3 is 5.97 Å². The molecule has 1 aliphatic carbocycles. The number of nitrogens with one attached hydrogen (secondary N) is 1. The van der Waals surface area contributed by atoms with E-state index in [1.54, 1.807) is 0 Å². The van der Waals surface area contributed by atoms with E-state index in [1.165, 1.54) is 32.6 Å². The van der Waals surface area contributed by atoms with E-state index >= 15 is 0 Å². The first-order chi connectivity index (χ1) is 11.9. The fraction of sp³-hybridized carbons (Fsp3) is 0.529. The number of esters is 1. The zero-order valence-corrected chi connectivity index (χ0v) is 14.3. The van der Waals surface area contributed by atoms with Crippen molar-refractivity contribution in [2.24, 2.45) is 0 Å². The Morgan fingerprint density at radius 1 is 1.28 bits per heavy atom. The second-order valence-corrected chi connectivity index (χ2v) is 6.03. The van der Waals surface area contributed by atoms with Crippen LogP contribution in [-0.2, 0) is 9.53 Å². The number of nitro groups is 1. The normalized spacial score (nSPS) is 15.9. The average Bonchev–Trinajstić information content (AvgIpc) is 2.61. The smallest absolute Gasteiger partial charge is 0.342 e. The lowest BCUT2D eigenvalue weighted by Gasteiger charge is -2.24. The topological polar surface area (TPSA) is 108 Å². The van der Waals surface area contributed by atoms with Crippen molar-refractivity contribution in [2.75, 3.05) is 7.11 Å². The van der Waals surface area contributed by atoms with E-state index in [4.69, 9.17) is 9.47 Å². The van der Waals surface area contributed by atoms with E-state index in [0.29, 0.717) is 0 Å².